The van der Waals surface area contributed by atoms with Gasteiger partial charge in [-0.1, -0.05) is 38.1 Å². The summed E-state index contributed by atoms with van der Waals surface area (Å²) in [7, 11) is 1.80. The van der Waals surface area contributed by atoms with Crippen molar-refractivity contribution in [2.75, 3.05) is 20.1 Å². The van der Waals surface area contributed by atoms with Gasteiger partial charge in [0.2, 0.25) is 0 Å². The fourth-order valence-corrected chi connectivity index (χ4v) is 2.26. The van der Waals surface area contributed by atoms with Gasteiger partial charge in [0, 0.05) is 25.7 Å². The Kier molecular flexibility index (Phi) is 7.39. The van der Waals surface area contributed by atoms with Crippen molar-refractivity contribution in [3.8, 4) is 0 Å². The fourth-order valence-electron chi connectivity index (χ4n) is 2.26. The summed E-state index contributed by atoms with van der Waals surface area (Å²) in [4.78, 5) is 6.70. The number of hydrogen-bond donors (Lipinski definition) is 2. The number of hydrogen-bond acceptors (Lipinski definition) is 2. The Morgan fingerprint density at radius 1 is 1.14 bits per heavy atom. The zero-order valence-corrected chi connectivity index (χ0v) is 15.0. The molecule has 0 aromatic heterocycles. The smallest absolute Gasteiger partial charge is 0.191 e. The molecule has 1 aromatic carbocycles. The third-order valence-electron chi connectivity index (χ3n) is 3.47. The van der Waals surface area contributed by atoms with Crippen LogP contribution in [-0.2, 0) is 13.1 Å². The predicted molar refractivity (Wildman–Crippen MR) is 96.2 cm³/mol. The largest absolute Gasteiger partial charge is 0.352 e. The molecule has 124 valence electrons. The van der Waals surface area contributed by atoms with Crippen LogP contribution in [0.25, 0.3) is 0 Å². The predicted octanol–water partition coefficient (Wildman–Crippen LogP) is 2.99. The Balaban J connectivity index is 2.63. The molecule has 0 amide bonds. The molecule has 0 aliphatic rings. The summed E-state index contributed by atoms with van der Waals surface area (Å²) in [5.41, 5.74) is 2.65. The molecule has 0 fully saturated rings. The zero-order valence-electron chi connectivity index (χ0n) is 15.0. The zero-order chi connectivity index (χ0) is 16.6. The van der Waals surface area contributed by atoms with E-state index in [2.05, 4.69) is 79.4 Å². The Morgan fingerprint density at radius 3 is 2.32 bits per heavy atom. The molecule has 0 aliphatic heterocycles. The number of benzene rings is 1. The van der Waals surface area contributed by atoms with Gasteiger partial charge in [0.1, 0.15) is 0 Å². The third-order valence-corrected chi connectivity index (χ3v) is 3.47. The molecule has 0 aliphatic carbocycles. The van der Waals surface area contributed by atoms with Crippen molar-refractivity contribution in [2.45, 2.75) is 53.2 Å². The second-order valence-electron chi connectivity index (χ2n) is 6.58. The topological polar surface area (TPSA) is 39.7 Å². The first-order chi connectivity index (χ1) is 10.4. The molecule has 0 spiro atoms. The second kappa shape index (κ2) is 8.79. The molecule has 4 nitrogen and oxygen atoms in total. The van der Waals surface area contributed by atoms with E-state index in [9.17, 15) is 0 Å². The summed E-state index contributed by atoms with van der Waals surface area (Å²) in [5.74, 6) is 0.835. The lowest BCUT2D eigenvalue weighted by molar-refractivity contribution is 0.296. The van der Waals surface area contributed by atoms with E-state index in [0.717, 1.165) is 32.1 Å². The van der Waals surface area contributed by atoms with Crippen LogP contribution < -0.4 is 10.6 Å². The molecule has 2 N–H and O–H groups in total. The lowest BCUT2D eigenvalue weighted by atomic mass is 10.1. The number of aliphatic imine (C=N–C) groups is 1. The van der Waals surface area contributed by atoms with Crippen molar-refractivity contribution in [3.63, 3.8) is 0 Å². The van der Waals surface area contributed by atoms with Crippen LogP contribution in [0.15, 0.2) is 29.3 Å². The summed E-state index contributed by atoms with van der Waals surface area (Å²) in [6.07, 6.45) is 0. The number of rotatable bonds is 6. The monoisotopic (exact) mass is 304 g/mol. The van der Waals surface area contributed by atoms with E-state index in [-0.39, 0.29) is 5.54 Å². The van der Waals surface area contributed by atoms with Gasteiger partial charge in [0.25, 0.3) is 0 Å². The van der Waals surface area contributed by atoms with Gasteiger partial charge in [-0.2, -0.15) is 0 Å². The molecule has 0 unspecified atom stereocenters. The quantitative estimate of drug-likeness (QED) is 0.627. The van der Waals surface area contributed by atoms with Gasteiger partial charge in [-0.05, 0) is 45.0 Å². The summed E-state index contributed by atoms with van der Waals surface area (Å²) in [6.45, 7) is 14.8. The van der Waals surface area contributed by atoms with Crippen LogP contribution in [-0.4, -0.2) is 36.5 Å². The van der Waals surface area contributed by atoms with Crippen LogP contribution in [0.3, 0.4) is 0 Å². The number of nitrogens with one attached hydrogen (secondary N) is 2. The van der Waals surface area contributed by atoms with Gasteiger partial charge < -0.3 is 10.6 Å². The molecule has 0 atom stereocenters. The Bertz CT molecular complexity index is 470. The van der Waals surface area contributed by atoms with Crippen LogP contribution in [0.5, 0.6) is 0 Å². The minimum Gasteiger partial charge on any atom is -0.352 e. The van der Waals surface area contributed by atoms with Crippen LogP contribution in [0.1, 0.15) is 45.7 Å². The number of guanidine groups is 1. The Labute approximate surface area is 136 Å². The van der Waals surface area contributed by atoms with Gasteiger partial charge in [0.05, 0.1) is 0 Å². The van der Waals surface area contributed by atoms with Crippen LogP contribution in [0.2, 0.25) is 0 Å². The van der Waals surface area contributed by atoms with Gasteiger partial charge in [-0.3, -0.25) is 9.89 Å². The van der Waals surface area contributed by atoms with Gasteiger partial charge in [0.15, 0.2) is 5.96 Å². The summed E-state index contributed by atoms with van der Waals surface area (Å²) < 4.78 is 0. The van der Waals surface area contributed by atoms with Crippen molar-refractivity contribution < 1.29 is 0 Å². The van der Waals surface area contributed by atoms with Crippen molar-refractivity contribution in [1.82, 2.24) is 15.5 Å². The van der Waals surface area contributed by atoms with Crippen molar-refractivity contribution in [1.29, 1.82) is 0 Å². The van der Waals surface area contributed by atoms with Crippen LogP contribution >= 0.6 is 0 Å². The highest BCUT2D eigenvalue weighted by atomic mass is 15.2. The molecule has 0 radical (unpaired) electrons. The highest BCUT2D eigenvalue weighted by Gasteiger charge is 2.11. The van der Waals surface area contributed by atoms with Crippen LogP contribution in [0, 0.1) is 0 Å². The standard InChI is InChI=1S/C18H32N4/c1-7-22(8-2)14-16-11-9-10-15(12-16)13-20-17(19-6)21-18(3,4)5/h9-12H,7-8,13-14H2,1-6H3,(H2,19,20,21). The van der Waals surface area contributed by atoms with Crippen molar-refractivity contribution >= 4 is 5.96 Å². The lowest BCUT2D eigenvalue weighted by Gasteiger charge is -2.24. The molecule has 1 aromatic rings. The fraction of sp³-hybridized carbons (Fsp3) is 0.611. The average Bonchev–Trinajstić information content (AvgIpc) is 2.48. The average molecular weight is 304 g/mol. The normalized spacial score (nSPS) is 12.6. The summed E-state index contributed by atoms with van der Waals surface area (Å²) >= 11 is 0. The first-order valence-electron chi connectivity index (χ1n) is 8.17. The Hall–Kier alpha value is -1.55. The van der Waals surface area contributed by atoms with Crippen molar-refractivity contribution in [3.05, 3.63) is 35.4 Å². The molecule has 22 heavy (non-hydrogen) atoms. The summed E-state index contributed by atoms with van der Waals surface area (Å²) in [6, 6.07) is 8.76. The van der Waals surface area contributed by atoms with Crippen molar-refractivity contribution in [2.24, 2.45) is 4.99 Å². The summed E-state index contributed by atoms with van der Waals surface area (Å²) in [5, 5.41) is 6.75. The van der Waals surface area contributed by atoms with Gasteiger partial charge in [-0.25, -0.2) is 0 Å². The third kappa shape index (κ3) is 6.94. The van der Waals surface area contributed by atoms with E-state index >= 15 is 0 Å². The molecule has 0 heterocycles. The Morgan fingerprint density at radius 2 is 1.77 bits per heavy atom. The molecular formula is C18H32N4. The maximum absolute atomic E-state index is 4.27. The molecule has 1 rings (SSSR count). The minimum absolute atomic E-state index is 0.00639. The molecule has 0 bridgehead atoms. The second-order valence-corrected chi connectivity index (χ2v) is 6.58. The minimum atomic E-state index is 0.00639. The van der Waals surface area contributed by atoms with Gasteiger partial charge >= 0.3 is 0 Å². The molecule has 0 saturated carbocycles. The molecular weight excluding hydrogens is 272 g/mol. The van der Waals surface area contributed by atoms with Crippen LogP contribution in [0.4, 0.5) is 0 Å². The van der Waals surface area contributed by atoms with Gasteiger partial charge in [-0.15, -0.1) is 0 Å². The van der Waals surface area contributed by atoms with E-state index in [1.165, 1.54) is 11.1 Å². The molecule has 4 heteroatoms. The highest BCUT2D eigenvalue weighted by Crippen LogP contribution is 2.08. The maximum atomic E-state index is 4.27. The molecule has 0 saturated heterocycles. The first kappa shape index (κ1) is 18.5. The van der Waals surface area contributed by atoms with E-state index in [1.54, 1.807) is 7.05 Å². The maximum Gasteiger partial charge on any atom is 0.191 e. The van der Waals surface area contributed by atoms with E-state index < -0.39 is 0 Å². The van der Waals surface area contributed by atoms with E-state index in [4.69, 9.17) is 0 Å². The lowest BCUT2D eigenvalue weighted by Crippen LogP contribution is -2.47. The number of nitrogens with zero attached hydrogens (tertiary/aromatic N) is 2. The first-order valence-corrected chi connectivity index (χ1v) is 8.17. The highest BCUT2D eigenvalue weighted by molar-refractivity contribution is 5.80. The van der Waals surface area contributed by atoms with E-state index in [1.807, 2.05) is 0 Å². The SMILES string of the molecule is CCN(CC)Cc1cccc(CNC(=NC)NC(C)(C)C)c1. The van der Waals surface area contributed by atoms with E-state index in [0.29, 0.717) is 0 Å².